The van der Waals surface area contributed by atoms with Crippen LogP contribution in [0, 0.1) is 0 Å². The summed E-state index contributed by atoms with van der Waals surface area (Å²) in [6, 6.07) is 6.72. The molecule has 2 unspecified atom stereocenters. The number of allylic oxidation sites excluding steroid dienone is 1. The molecule has 114 valence electrons. The Morgan fingerprint density at radius 3 is 2.33 bits per heavy atom. The fourth-order valence-electron chi connectivity index (χ4n) is 3.19. The van der Waals surface area contributed by atoms with Crippen molar-refractivity contribution < 1.29 is 16.8 Å². The molecule has 21 heavy (non-hydrogen) atoms. The van der Waals surface area contributed by atoms with E-state index in [-0.39, 0.29) is 15.4 Å². The minimum atomic E-state index is -3.20. The van der Waals surface area contributed by atoms with Gasteiger partial charge in [0.15, 0.2) is 19.7 Å². The first-order chi connectivity index (χ1) is 9.78. The predicted octanol–water partition coefficient (Wildman–Crippen LogP) is 2.21. The summed E-state index contributed by atoms with van der Waals surface area (Å²) < 4.78 is 47.4. The Labute approximate surface area is 125 Å². The first-order valence-electron chi connectivity index (χ1n) is 7.02. The number of hydrogen-bond donors (Lipinski definition) is 0. The maximum atomic E-state index is 12.2. The zero-order valence-electron chi connectivity index (χ0n) is 11.8. The third-order valence-electron chi connectivity index (χ3n) is 4.39. The van der Waals surface area contributed by atoms with Gasteiger partial charge in [-0.15, -0.1) is 0 Å². The molecule has 0 aromatic heterocycles. The molecule has 1 fully saturated rings. The quantitative estimate of drug-likeness (QED) is 0.835. The number of hydrogen-bond acceptors (Lipinski definition) is 4. The van der Waals surface area contributed by atoms with Gasteiger partial charge in [0.2, 0.25) is 0 Å². The van der Waals surface area contributed by atoms with E-state index in [4.69, 9.17) is 0 Å². The van der Waals surface area contributed by atoms with E-state index < -0.39 is 19.7 Å². The van der Waals surface area contributed by atoms with Crippen LogP contribution in [0.1, 0.15) is 31.2 Å². The number of fused-ring (bicyclic) bond motifs is 2. The van der Waals surface area contributed by atoms with E-state index in [2.05, 4.69) is 0 Å². The van der Waals surface area contributed by atoms with Gasteiger partial charge in [-0.05, 0) is 42.5 Å². The molecule has 0 N–H and O–H groups in total. The average molecular weight is 326 g/mol. The lowest BCUT2D eigenvalue weighted by molar-refractivity contribution is 0.518. The molecule has 6 heteroatoms. The monoisotopic (exact) mass is 326 g/mol. The van der Waals surface area contributed by atoms with Gasteiger partial charge in [-0.25, -0.2) is 16.8 Å². The van der Waals surface area contributed by atoms with Crippen LogP contribution < -0.4 is 0 Å². The summed E-state index contributed by atoms with van der Waals surface area (Å²) >= 11 is 0. The van der Waals surface area contributed by atoms with Crippen molar-refractivity contribution in [1.82, 2.24) is 0 Å². The Morgan fingerprint density at radius 1 is 1.10 bits per heavy atom. The van der Waals surface area contributed by atoms with Crippen LogP contribution in [0.15, 0.2) is 35.2 Å². The van der Waals surface area contributed by atoms with Crippen LogP contribution in [0.5, 0.6) is 0 Å². The van der Waals surface area contributed by atoms with E-state index >= 15 is 0 Å². The van der Waals surface area contributed by atoms with Crippen molar-refractivity contribution in [3.8, 4) is 0 Å². The molecule has 1 saturated heterocycles. The summed E-state index contributed by atoms with van der Waals surface area (Å²) in [5.41, 5.74) is 1.95. The van der Waals surface area contributed by atoms with Crippen molar-refractivity contribution in [2.24, 2.45) is 0 Å². The highest BCUT2D eigenvalue weighted by Crippen LogP contribution is 2.39. The molecule has 3 rings (SSSR count). The lowest BCUT2D eigenvalue weighted by Crippen LogP contribution is -2.38. The second-order valence-corrected chi connectivity index (χ2v) is 10.3. The van der Waals surface area contributed by atoms with Crippen molar-refractivity contribution in [2.75, 3.05) is 6.26 Å². The first-order valence-corrected chi connectivity index (χ1v) is 10.5. The average Bonchev–Trinajstić information content (AvgIpc) is 2.36. The van der Waals surface area contributed by atoms with Crippen LogP contribution in [0.3, 0.4) is 0 Å². The number of benzene rings is 1. The van der Waals surface area contributed by atoms with Crippen molar-refractivity contribution >= 4 is 25.2 Å². The summed E-state index contributed by atoms with van der Waals surface area (Å²) in [7, 11) is -6.21. The Bertz CT molecular complexity index is 787. The van der Waals surface area contributed by atoms with Gasteiger partial charge in [0.25, 0.3) is 0 Å². The molecule has 2 heterocycles. The van der Waals surface area contributed by atoms with Crippen molar-refractivity contribution in [3.05, 3.63) is 35.9 Å². The van der Waals surface area contributed by atoms with Gasteiger partial charge in [-0.2, -0.15) is 0 Å². The maximum absolute atomic E-state index is 12.2. The lowest BCUT2D eigenvalue weighted by Gasteiger charge is -2.33. The molecule has 0 aliphatic carbocycles. The Hall–Kier alpha value is -1.14. The van der Waals surface area contributed by atoms with E-state index in [1.807, 2.05) is 6.08 Å². The van der Waals surface area contributed by atoms with Crippen LogP contribution in [0.25, 0.3) is 5.57 Å². The van der Waals surface area contributed by atoms with Gasteiger partial charge >= 0.3 is 0 Å². The van der Waals surface area contributed by atoms with Crippen molar-refractivity contribution in [3.63, 3.8) is 0 Å². The van der Waals surface area contributed by atoms with E-state index in [0.29, 0.717) is 12.8 Å². The molecule has 2 bridgehead atoms. The largest absolute Gasteiger partial charge is 0.228 e. The van der Waals surface area contributed by atoms with Crippen molar-refractivity contribution in [2.45, 2.75) is 41.1 Å². The third-order valence-corrected chi connectivity index (χ3v) is 8.07. The molecular formula is C15H18O4S2. The topological polar surface area (TPSA) is 68.3 Å². The van der Waals surface area contributed by atoms with Gasteiger partial charge < -0.3 is 0 Å². The Morgan fingerprint density at radius 2 is 1.76 bits per heavy atom. The number of rotatable bonds is 2. The summed E-state index contributed by atoms with van der Waals surface area (Å²) in [6.45, 7) is 0. The molecule has 1 aromatic carbocycles. The minimum Gasteiger partial charge on any atom is -0.228 e. The molecule has 0 spiro atoms. The second-order valence-electron chi connectivity index (χ2n) is 5.87. The molecular weight excluding hydrogens is 308 g/mol. The summed E-state index contributed by atoms with van der Waals surface area (Å²) in [5.74, 6) is 0. The second kappa shape index (κ2) is 4.95. The van der Waals surface area contributed by atoms with E-state index in [1.54, 1.807) is 24.3 Å². The fraction of sp³-hybridized carbons (Fsp3) is 0.467. The molecule has 0 radical (unpaired) electrons. The highest BCUT2D eigenvalue weighted by Gasteiger charge is 2.40. The molecule has 2 atom stereocenters. The Balaban J connectivity index is 1.97. The van der Waals surface area contributed by atoms with Crippen LogP contribution in [0.4, 0.5) is 0 Å². The molecule has 1 aromatic rings. The molecule has 0 amide bonds. The first kappa shape index (κ1) is 14.8. The van der Waals surface area contributed by atoms with Gasteiger partial charge in [-0.1, -0.05) is 24.6 Å². The minimum absolute atomic E-state index is 0.272. The summed E-state index contributed by atoms with van der Waals surface area (Å²) in [5, 5.41) is -0.639. The van der Waals surface area contributed by atoms with Crippen LogP contribution in [0.2, 0.25) is 0 Å². The number of sulfone groups is 2. The van der Waals surface area contributed by atoms with Gasteiger partial charge in [0, 0.05) is 6.26 Å². The molecule has 4 nitrogen and oxygen atoms in total. The van der Waals surface area contributed by atoms with Gasteiger partial charge in [0.1, 0.15) is 0 Å². The van der Waals surface area contributed by atoms with Crippen LogP contribution in [-0.2, 0) is 19.7 Å². The lowest BCUT2D eigenvalue weighted by atomic mass is 9.93. The highest BCUT2D eigenvalue weighted by molar-refractivity contribution is 7.93. The smallest absolute Gasteiger partial charge is 0.175 e. The normalized spacial score (nSPS) is 28.0. The predicted molar refractivity (Wildman–Crippen MR) is 82.5 cm³/mol. The molecule has 0 saturated carbocycles. The van der Waals surface area contributed by atoms with Crippen LogP contribution >= 0.6 is 0 Å². The van der Waals surface area contributed by atoms with Crippen LogP contribution in [-0.4, -0.2) is 33.6 Å². The van der Waals surface area contributed by atoms with Gasteiger partial charge in [-0.3, -0.25) is 0 Å². The highest BCUT2D eigenvalue weighted by atomic mass is 32.2. The van der Waals surface area contributed by atoms with E-state index in [0.717, 1.165) is 24.0 Å². The van der Waals surface area contributed by atoms with Crippen molar-refractivity contribution in [1.29, 1.82) is 0 Å². The maximum Gasteiger partial charge on any atom is 0.175 e. The standard InChI is InChI=1S/C15H18O4S2/c1-20(16,17)13-7-5-11(6-8-13)12-9-14-3-2-4-15(10-12)21(14,18)19/h5-9,14-15H,2-4,10H2,1H3. The fourth-order valence-corrected chi connectivity index (χ4v) is 6.07. The summed E-state index contributed by atoms with van der Waals surface area (Å²) in [4.78, 5) is 0.287. The Kier molecular flexibility index (Phi) is 3.48. The molecule has 2 aliphatic rings. The third kappa shape index (κ3) is 2.66. The van der Waals surface area contributed by atoms with Gasteiger partial charge in [0.05, 0.1) is 15.4 Å². The molecule has 2 aliphatic heterocycles. The zero-order valence-corrected chi connectivity index (χ0v) is 13.5. The van der Waals surface area contributed by atoms with E-state index in [1.165, 1.54) is 6.26 Å². The van der Waals surface area contributed by atoms with E-state index in [9.17, 15) is 16.8 Å². The zero-order chi connectivity index (χ0) is 15.3. The summed E-state index contributed by atoms with van der Waals surface area (Å²) in [6.07, 6.45) is 5.98. The SMILES string of the molecule is CS(=O)(=O)c1ccc(C2=CC3CCCC(C2)S3(=O)=O)cc1.